The van der Waals surface area contributed by atoms with Gasteiger partial charge >= 0.3 is 12.0 Å². The number of thioether (sulfide) groups is 1. The second-order valence-electron chi connectivity index (χ2n) is 6.97. The largest absolute Gasteiger partial charge is 0.455 e. The molecule has 3 amide bonds. The summed E-state index contributed by atoms with van der Waals surface area (Å²) in [6, 6.07) is 7.22. The van der Waals surface area contributed by atoms with E-state index in [-0.39, 0.29) is 5.75 Å². The van der Waals surface area contributed by atoms with E-state index in [1.54, 1.807) is 0 Å². The predicted molar refractivity (Wildman–Crippen MR) is 113 cm³/mol. The van der Waals surface area contributed by atoms with Crippen molar-refractivity contribution in [3.05, 3.63) is 24.3 Å². The van der Waals surface area contributed by atoms with Crippen molar-refractivity contribution in [2.45, 2.75) is 45.3 Å². The number of benzene rings is 1. The van der Waals surface area contributed by atoms with Gasteiger partial charge in [-0.25, -0.2) is 9.78 Å². The molecule has 158 valence electrons. The smallest absolute Gasteiger partial charge is 0.321 e. The first-order chi connectivity index (χ1) is 13.9. The van der Waals surface area contributed by atoms with E-state index in [2.05, 4.69) is 27.1 Å². The van der Waals surface area contributed by atoms with Gasteiger partial charge in [-0.1, -0.05) is 44.7 Å². The standard InChI is InChI=1S/C20H28N4O4S/c1-4-11-24-16-8-6-5-7-15(16)22-20(24)29-13-18(26)28-12-17(25)23-19(27)21-10-9-14(2)3/h5-8,14H,4,9-13H2,1-3H3,(H2,21,23,25,27). The van der Waals surface area contributed by atoms with E-state index >= 15 is 0 Å². The van der Waals surface area contributed by atoms with Gasteiger partial charge in [-0.15, -0.1) is 0 Å². The zero-order valence-corrected chi connectivity index (χ0v) is 17.9. The van der Waals surface area contributed by atoms with Crippen LogP contribution in [0.5, 0.6) is 0 Å². The number of amides is 3. The maximum absolute atomic E-state index is 12.0. The molecule has 2 rings (SSSR count). The molecule has 1 aromatic carbocycles. The molecule has 0 fully saturated rings. The van der Waals surface area contributed by atoms with Gasteiger partial charge in [0.2, 0.25) is 0 Å². The summed E-state index contributed by atoms with van der Waals surface area (Å²) in [6.45, 7) is 6.94. The number of esters is 1. The first-order valence-electron chi connectivity index (χ1n) is 9.72. The van der Waals surface area contributed by atoms with Crippen LogP contribution in [0.3, 0.4) is 0 Å². The lowest BCUT2D eigenvalue weighted by atomic mass is 10.1. The number of para-hydroxylation sites is 2. The average molecular weight is 421 g/mol. The lowest BCUT2D eigenvalue weighted by Gasteiger charge is -2.09. The van der Waals surface area contributed by atoms with E-state index in [0.29, 0.717) is 12.5 Å². The number of imidazole rings is 1. The molecule has 1 aromatic heterocycles. The maximum atomic E-state index is 12.0. The Hall–Kier alpha value is -2.55. The van der Waals surface area contributed by atoms with E-state index in [1.165, 1.54) is 11.8 Å². The first kappa shape index (κ1) is 22.7. The highest BCUT2D eigenvalue weighted by Gasteiger charge is 2.15. The fourth-order valence-corrected chi connectivity index (χ4v) is 3.43. The molecule has 0 bridgehead atoms. The lowest BCUT2D eigenvalue weighted by Crippen LogP contribution is -2.42. The Balaban J connectivity index is 1.77. The second kappa shape index (κ2) is 11.5. The fraction of sp³-hybridized carbons (Fsp3) is 0.500. The number of fused-ring (bicyclic) bond motifs is 1. The minimum absolute atomic E-state index is 0.0287. The van der Waals surface area contributed by atoms with Crippen molar-refractivity contribution in [1.82, 2.24) is 20.2 Å². The second-order valence-corrected chi connectivity index (χ2v) is 7.91. The number of aromatic nitrogens is 2. The summed E-state index contributed by atoms with van der Waals surface area (Å²) in [7, 11) is 0. The molecular formula is C20H28N4O4S. The number of carbonyl (C=O) groups excluding carboxylic acids is 3. The molecule has 8 nitrogen and oxygen atoms in total. The summed E-state index contributed by atoms with van der Waals surface area (Å²) in [5, 5.41) is 5.46. The Kier molecular flexibility index (Phi) is 8.98. The summed E-state index contributed by atoms with van der Waals surface area (Å²) in [5.74, 6) is -0.722. The van der Waals surface area contributed by atoms with Gasteiger partial charge in [-0.2, -0.15) is 0 Å². The number of hydrogen-bond donors (Lipinski definition) is 2. The molecule has 0 saturated heterocycles. The summed E-state index contributed by atoms with van der Waals surface area (Å²) >= 11 is 1.27. The number of urea groups is 1. The number of imide groups is 1. The third-order valence-electron chi connectivity index (χ3n) is 4.01. The van der Waals surface area contributed by atoms with Gasteiger partial charge in [0.25, 0.3) is 5.91 Å². The quantitative estimate of drug-likeness (QED) is 0.453. The number of aryl methyl sites for hydroxylation is 1. The van der Waals surface area contributed by atoms with Gasteiger partial charge in [0, 0.05) is 13.1 Å². The van der Waals surface area contributed by atoms with Crippen molar-refractivity contribution in [2.24, 2.45) is 5.92 Å². The van der Waals surface area contributed by atoms with Crippen LogP contribution in [-0.4, -0.2) is 46.4 Å². The first-order valence-corrected chi connectivity index (χ1v) is 10.7. The van der Waals surface area contributed by atoms with Gasteiger partial charge in [-0.05, 0) is 30.9 Å². The van der Waals surface area contributed by atoms with Crippen LogP contribution >= 0.6 is 11.8 Å². The van der Waals surface area contributed by atoms with E-state index in [4.69, 9.17) is 4.74 Å². The molecule has 9 heteroatoms. The molecule has 2 aromatic rings. The molecule has 0 radical (unpaired) electrons. The van der Waals surface area contributed by atoms with E-state index < -0.39 is 24.5 Å². The number of nitrogens with zero attached hydrogens (tertiary/aromatic N) is 2. The molecular weight excluding hydrogens is 392 g/mol. The van der Waals surface area contributed by atoms with Crippen LogP contribution in [0.4, 0.5) is 4.79 Å². The molecule has 0 spiro atoms. The van der Waals surface area contributed by atoms with Crippen LogP contribution in [0, 0.1) is 5.92 Å². The Morgan fingerprint density at radius 1 is 1.24 bits per heavy atom. The number of rotatable bonds is 10. The normalized spacial score (nSPS) is 10.9. The Bertz CT molecular complexity index is 850. The summed E-state index contributed by atoms with van der Waals surface area (Å²) in [5.41, 5.74) is 1.90. The Morgan fingerprint density at radius 2 is 2.00 bits per heavy atom. The third kappa shape index (κ3) is 7.41. The molecule has 2 N–H and O–H groups in total. The van der Waals surface area contributed by atoms with Crippen LogP contribution in [0.15, 0.2) is 29.4 Å². The van der Waals surface area contributed by atoms with Gasteiger partial charge in [0.1, 0.15) is 0 Å². The summed E-state index contributed by atoms with van der Waals surface area (Å²) in [4.78, 5) is 39.8. The molecule has 0 aliphatic heterocycles. The minimum atomic E-state index is -0.663. The Labute approximate surface area is 174 Å². The monoisotopic (exact) mass is 420 g/mol. The average Bonchev–Trinajstić information content (AvgIpc) is 3.02. The maximum Gasteiger partial charge on any atom is 0.321 e. The van der Waals surface area contributed by atoms with Crippen LogP contribution < -0.4 is 10.6 Å². The van der Waals surface area contributed by atoms with Crippen LogP contribution in [0.25, 0.3) is 11.0 Å². The van der Waals surface area contributed by atoms with Gasteiger partial charge < -0.3 is 14.6 Å². The third-order valence-corrected chi connectivity index (χ3v) is 4.96. The van der Waals surface area contributed by atoms with Crippen LogP contribution in [0.1, 0.15) is 33.6 Å². The highest BCUT2D eigenvalue weighted by atomic mass is 32.2. The number of nitrogens with one attached hydrogen (secondary N) is 2. The number of carbonyl (C=O) groups is 3. The molecule has 1 heterocycles. The van der Waals surface area contributed by atoms with Crippen molar-refractivity contribution >= 4 is 40.7 Å². The van der Waals surface area contributed by atoms with E-state index in [0.717, 1.165) is 35.6 Å². The summed E-state index contributed by atoms with van der Waals surface area (Å²) in [6.07, 6.45) is 1.76. The van der Waals surface area contributed by atoms with Crippen molar-refractivity contribution in [3.8, 4) is 0 Å². The molecule has 0 atom stereocenters. The van der Waals surface area contributed by atoms with Crippen molar-refractivity contribution in [2.75, 3.05) is 18.9 Å². The Morgan fingerprint density at radius 3 is 2.72 bits per heavy atom. The zero-order chi connectivity index (χ0) is 21.2. The van der Waals surface area contributed by atoms with Gasteiger partial charge in [-0.3, -0.25) is 14.9 Å². The SMILES string of the molecule is CCCn1c(SCC(=O)OCC(=O)NC(=O)NCCC(C)C)nc2ccccc21. The van der Waals surface area contributed by atoms with Crippen molar-refractivity contribution in [3.63, 3.8) is 0 Å². The molecule has 29 heavy (non-hydrogen) atoms. The summed E-state index contributed by atoms with van der Waals surface area (Å²) < 4.78 is 7.03. The highest BCUT2D eigenvalue weighted by Crippen LogP contribution is 2.24. The van der Waals surface area contributed by atoms with E-state index in [9.17, 15) is 14.4 Å². The number of ether oxygens (including phenoxy) is 1. The zero-order valence-electron chi connectivity index (χ0n) is 17.1. The van der Waals surface area contributed by atoms with Gasteiger partial charge in [0.15, 0.2) is 11.8 Å². The molecule has 0 saturated carbocycles. The highest BCUT2D eigenvalue weighted by molar-refractivity contribution is 7.99. The van der Waals surface area contributed by atoms with E-state index in [1.807, 2.05) is 38.1 Å². The molecule has 0 aliphatic carbocycles. The van der Waals surface area contributed by atoms with Crippen LogP contribution in [0.2, 0.25) is 0 Å². The minimum Gasteiger partial charge on any atom is -0.455 e. The van der Waals surface area contributed by atoms with Gasteiger partial charge in [0.05, 0.1) is 16.8 Å². The van der Waals surface area contributed by atoms with Crippen molar-refractivity contribution < 1.29 is 19.1 Å². The topological polar surface area (TPSA) is 102 Å². The van der Waals surface area contributed by atoms with Crippen molar-refractivity contribution in [1.29, 1.82) is 0 Å². The predicted octanol–water partition coefficient (Wildman–Crippen LogP) is 2.95. The lowest BCUT2D eigenvalue weighted by molar-refractivity contribution is -0.145. The molecule has 0 aliphatic rings. The van der Waals surface area contributed by atoms with Crippen LogP contribution in [-0.2, 0) is 20.9 Å². The fourth-order valence-electron chi connectivity index (χ4n) is 2.60. The number of hydrogen-bond acceptors (Lipinski definition) is 6. The molecule has 0 unspecified atom stereocenters.